The molecule has 0 aliphatic carbocycles. The standard InChI is InChI=1S/C23H21NO5/c1-4-27-23(26)14(2)28-16-9-10-18-20(12-16)29-21(22(18)25)11-15-13-24(3)19-8-6-5-7-17(15)19/h5-14H,4H2,1-3H3. The van der Waals surface area contributed by atoms with Gasteiger partial charge in [-0.15, -0.1) is 0 Å². The number of nitrogens with zero attached hydrogens (tertiary/aromatic N) is 1. The van der Waals surface area contributed by atoms with Crippen LogP contribution in [0, 0.1) is 0 Å². The van der Waals surface area contributed by atoms with Crippen molar-refractivity contribution in [3.63, 3.8) is 0 Å². The molecular formula is C23H21NO5. The predicted octanol–water partition coefficient (Wildman–Crippen LogP) is 4.12. The third kappa shape index (κ3) is 3.49. The SMILES string of the molecule is CCOC(=O)C(C)Oc1ccc2c(c1)OC(=Cc1cn(C)c3ccccc13)C2=O. The number of ketones is 1. The summed E-state index contributed by atoms with van der Waals surface area (Å²) in [6.07, 6.45) is 2.97. The van der Waals surface area contributed by atoms with Crippen LogP contribution in [0.2, 0.25) is 0 Å². The van der Waals surface area contributed by atoms with Gasteiger partial charge in [0.05, 0.1) is 12.2 Å². The second-order valence-electron chi connectivity index (χ2n) is 6.82. The normalized spacial score (nSPS) is 15.3. The van der Waals surface area contributed by atoms with Crippen molar-refractivity contribution >= 4 is 28.7 Å². The van der Waals surface area contributed by atoms with Crippen molar-refractivity contribution in [2.75, 3.05) is 6.61 Å². The highest BCUT2D eigenvalue weighted by molar-refractivity contribution is 6.15. The van der Waals surface area contributed by atoms with Gasteiger partial charge in [-0.3, -0.25) is 4.79 Å². The maximum absolute atomic E-state index is 12.8. The van der Waals surface area contributed by atoms with Crippen molar-refractivity contribution in [1.29, 1.82) is 0 Å². The molecule has 6 heteroatoms. The van der Waals surface area contributed by atoms with Crippen molar-refractivity contribution in [2.24, 2.45) is 7.05 Å². The molecule has 3 aromatic rings. The average molecular weight is 391 g/mol. The molecule has 1 unspecified atom stereocenters. The number of rotatable bonds is 5. The van der Waals surface area contributed by atoms with Gasteiger partial charge in [0, 0.05) is 35.8 Å². The summed E-state index contributed by atoms with van der Waals surface area (Å²) in [4.78, 5) is 24.5. The highest BCUT2D eigenvalue weighted by Gasteiger charge is 2.28. The number of carbonyl (C=O) groups excluding carboxylic acids is 2. The summed E-state index contributed by atoms with van der Waals surface area (Å²) >= 11 is 0. The molecule has 0 fully saturated rings. The number of para-hydroxylation sites is 1. The van der Waals surface area contributed by atoms with E-state index >= 15 is 0 Å². The second-order valence-corrected chi connectivity index (χ2v) is 6.82. The summed E-state index contributed by atoms with van der Waals surface area (Å²) in [7, 11) is 1.96. The van der Waals surface area contributed by atoms with E-state index in [-0.39, 0.29) is 18.1 Å². The predicted molar refractivity (Wildman–Crippen MR) is 109 cm³/mol. The van der Waals surface area contributed by atoms with Gasteiger partial charge in [0.2, 0.25) is 5.78 Å². The minimum atomic E-state index is -0.754. The van der Waals surface area contributed by atoms with Crippen molar-refractivity contribution in [3.05, 3.63) is 65.5 Å². The zero-order valence-corrected chi connectivity index (χ0v) is 16.5. The maximum Gasteiger partial charge on any atom is 0.347 e. The smallest absolute Gasteiger partial charge is 0.347 e. The first-order chi connectivity index (χ1) is 14.0. The van der Waals surface area contributed by atoms with E-state index in [1.807, 2.05) is 42.1 Å². The number of esters is 1. The molecule has 0 spiro atoms. The molecule has 1 atom stereocenters. The van der Waals surface area contributed by atoms with E-state index in [0.29, 0.717) is 17.1 Å². The molecule has 0 saturated heterocycles. The van der Waals surface area contributed by atoms with Gasteiger partial charge in [-0.25, -0.2) is 4.79 Å². The van der Waals surface area contributed by atoms with Crippen molar-refractivity contribution in [3.8, 4) is 11.5 Å². The Morgan fingerprint density at radius 2 is 2.03 bits per heavy atom. The Balaban J connectivity index is 1.60. The van der Waals surface area contributed by atoms with Gasteiger partial charge in [0.15, 0.2) is 11.9 Å². The molecule has 1 aliphatic rings. The quantitative estimate of drug-likeness (QED) is 0.483. The number of fused-ring (bicyclic) bond motifs is 2. The third-order valence-corrected chi connectivity index (χ3v) is 4.79. The lowest BCUT2D eigenvalue weighted by molar-refractivity contribution is -0.150. The maximum atomic E-state index is 12.8. The van der Waals surface area contributed by atoms with Crippen LogP contribution in [0.25, 0.3) is 17.0 Å². The molecular weight excluding hydrogens is 370 g/mol. The number of allylic oxidation sites excluding steroid dienone is 1. The molecule has 2 aromatic carbocycles. The van der Waals surface area contributed by atoms with Crippen LogP contribution in [0.4, 0.5) is 0 Å². The van der Waals surface area contributed by atoms with Crippen LogP contribution in [0.3, 0.4) is 0 Å². The highest BCUT2D eigenvalue weighted by atomic mass is 16.6. The molecule has 0 amide bonds. The fourth-order valence-corrected chi connectivity index (χ4v) is 3.38. The van der Waals surface area contributed by atoms with Crippen LogP contribution in [-0.2, 0) is 16.6 Å². The lowest BCUT2D eigenvalue weighted by atomic mass is 10.1. The molecule has 0 radical (unpaired) electrons. The van der Waals surface area contributed by atoms with Gasteiger partial charge in [-0.1, -0.05) is 18.2 Å². The molecule has 6 nitrogen and oxygen atoms in total. The van der Waals surface area contributed by atoms with E-state index in [1.54, 1.807) is 38.1 Å². The molecule has 0 N–H and O–H groups in total. The molecule has 4 rings (SSSR count). The van der Waals surface area contributed by atoms with Crippen molar-refractivity contribution < 1.29 is 23.8 Å². The number of aryl methyl sites for hydroxylation is 1. The van der Waals surface area contributed by atoms with Gasteiger partial charge >= 0.3 is 5.97 Å². The molecule has 1 aromatic heterocycles. The average Bonchev–Trinajstić information content (AvgIpc) is 3.19. The Kier molecular flexibility index (Phi) is 4.84. The Hall–Kier alpha value is -3.54. The zero-order valence-electron chi connectivity index (χ0n) is 16.5. The third-order valence-electron chi connectivity index (χ3n) is 4.79. The second kappa shape index (κ2) is 7.47. The van der Waals surface area contributed by atoms with Crippen molar-refractivity contribution in [1.82, 2.24) is 4.57 Å². The minimum absolute atomic E-state index is 0.182. The van der Waals surface area contributed by atoms with Gasteiger partial charge in [0.25, 0.3) is 0 Å². The van der Waals surface area contributed by atoms with Gasteiger partial charge < -0.3 is 18.8 Å². The number of benzene rings is 2. The van der Waals surface area contributed by atoms with Crippen LogP contribution in [0.15, 0.2) is 54.4 Å². The molecule has 148 valence electrons. The number of Topliss-reactive ketones (excluding diaryl/α,β-unsaturated/α-hetero) is 1. The Morgan fingerprint density at radius 3 is 2.83 bits per heavy atom. The Morgan fingerprint density at radius 1 is 1.24 bits per heavy atom. The number of carbonyl (C=O) groups is 2. The van der Waals surface area contributed by atoms with Crippen LogP contribution >= 0.6 is 0 Å². The molecule has 29 heavy (non-hydrogen) atoms. The first kappa shape index (κ1) is 18.8. The van der Waals surface area contributed by atoms with E-state index in [2.05, 4.69) is 0 Å². The summed E-state index contributed by atoms with van der Waals surface area (Å²) in [6.45, 7) is 3.64. The lowest BCUT2D eigenvalue weighted by Gasteiger charge is -2.13. The minimum Gasteiger partial charge on any atom is -0.479 e. The lowest BCUT2D eigenvalue weighted by Crippen LogP contribution is -2.26. The first-order valence-corrected chi connectivity index (χ1v) is 9.43. The molecule has 0 saturated carbocycles. The van der Waals surface area contributed by atoms with Crippen LogP contribution in [0.5, 0.6) is 11.5 Å². The number of hydrogen-bond acceptors (Lipinski definition) is 5. The van der Waals surface area contributed by atoms with Gasteiger partial charge in [0.1, 0.15) is 11.5 Å². The van der Waals surface area contributed by atoms with Crippen LogP contribution in [0.1, 0.15) is 29.8 Å². The molecule has 2 heterocycles. The van der Waals surface area contributed by atoms with Crippen LogP contribution in [-0.4, -0.2) is 29.0 Å². The fourth-order valence-electron chi connectivity index (χ4n) is 3.38. The van der Waals surface area contributed by atoms with E-state index in [1.165, 1.54) is 0 Å². The number of ether oxygens (including phenoxy) is 3. The summed E-state index contributed by atoms with van der Waals surface area (Å²) in [5.74, 6) is 0.477. The Labute approximate surface area is 168 Å². The monoisotopic (exact) mass is 391 g/mol. The summed E-state index contributed by atoms with van der Waals surface area (Å²) in [5.41, 5.74) is 2.45. The number of hydrogen-bond donors (Lipinski definition) is 0. The highest BCUT2D eigenvalue weighted by Crippen LogP contribution is 2.36. The number of aromatic nitrogens is 1. The van der Waals surface area contributed by atoms with E-state index in [9.17, 15) is 9.59 Å². The topological polar surface area (TPSA) is 66.8 Å². The van der Waals surface area contributed by atoms with E-state index in [4.69, 9.17) is 14.2 Å². The molecule has 1 aliphatic heterocycles. The zero-order chi connectivity index (χ0) is 20.5. The van der Waals surface area contributed by atoms with Crippen LogP contribution < -0.4 is 9.47 Å². The van der Waals surface area contributed by atoms with Gasteiger partial charge in [-0.2, -0.15) is 0 Å². The van der Waals surface area contributed by atoms with E-state index < -0.39 is 12.1 Å². The summed E-state index contributed by atoms with van der Waals surface area (Å²) < 4.78 is 18.4. The summed E-state index contributed by atoms with van der Waals surface area (Å²) in [5, 5.41) is 1.04. The Bertz CT molecular complexity index is 1140. The summed E-state index contributed by atoms with van der Waals surface area (Å²) in [6, 6.07) is 12.9. The largest absolute Gasteiger partial charge is 0.479 e. The van der Waals surface area contributed by atoms with E-state index in [0.717, 1.165) is 16.5 Å². The first-order valence-electron chi connectivity index (χ1n) is 9.43. The fraction of sp³-hybridized carbons (Fsp3) is 0.217. The molecule has 0 bridgehead atoms. The van der Waals surface area contributed by atoms with Gasteiger partial charge in [-0.05, 0) is 38.1 Å². The van der Waals surface area contributed by atoms with Crippen molar-refractivity contribution in [2.45, 2.75) is 20.0 Å².